The SMILES string of the molecule is CCNC(=NCC1(c2ccccc2)CCOCC1)N1CCC(c2ccccc2)C1.I. The Morgan fingerprint density at radius 2 is 1.73 bits per heavy atom. The van der Waals surface area contributed by atoms with Crippen LogP contribution in [0.1, 0.15) is 43.2 Å². The Morgan fingerprint density at radius 3 is 2.40 bits per heavy atom. The number of ether oxygens (including phenoxy) is 1. The van der Waals surface area contributed by atoms with E-state index in [0.29, 0.717) is 5.92 Å². The van der Waals surface area contributed by atoms with Crippen LogP contribution in [0.2, 0.25) is 0 Å². The van der Waals surface area contributed by atoms with Gasteiger partial charge in [0, 0.05) is 44.2 Å². The van der Waals surface area contributed by atoms with E-state index in [-0.39, 0.29) is 29.4 Å². The lowest BCUT2D eigenvalue weighted by atomic mass is 9.74. The van der Waals surface area contributed by atoms with Gasteiger partial charge in [-0.1, -0.05) is 60.7 Å². The predicted octanol–water partition coefficient (Wildman–Crippen LogP) is 4.81. The summed E-state index contributed by atoms with van der Waals surface area (Å²) in [6, 6.07) is 21.8. The molecule has 1 unspecified atom stereocenters. The highest BCUT2D eigenvalue weighted by Gasteiger charge is 2.35. The first-order chi connectivity index (χ1) is 14.3. The largest absolute Gasteiger partial charge is 0.381 e. The zero-order chi connectivity index (χ0) is 19.9. The van der Waals surface area contributed by atoms with Crippen LogP contribution in [-0.4, -0.2) is 50.3 Å². The molecule has 2 heterocycles. The molecule has 0 aromatic heterocycles. The van der Waals surface area contributed by atoms with Crippen molar-refractivity contribution < 1.29 is 4.74 Å². The minimum atomic E-state index is 0. The van der Waals surface area contributed by atoms with Crippen molar-refractivity contribution in [1.29, 1.82) is 0 Å². The quantitative estimate of drug-likeness (QED) is 0.350. The molecule has 2 aliphatic heterocycles. The fraction of sp³-hybridized carbons (Fsp3) is 0.480. The first-order valence-corrected chi connectivity index (χ1v) is 11.0. The van der Waals surface area contributed by atoms with E-state index in [9.17, 15) is 0 Å². The maximum Gasteiger partial charge on any atom is 0.193 e. The molecule has 0 amide bonds. The van der Waals surface area contributed by atoms with Gasteiger partial charge in [0.05, 0.1) is 6.54 Å². The van der Waals surface area contributed by atoms with E-state index >= 15 is 0 Å². The van der Waals surface area contributed by atoms with Gasteiger partial charge in [-0.2, -0.15) is 0 Å². The Hall–Kier alpha value is -1.60. The van der Waals surface area contributed by atoms with Crippen molar-refractivity contribution in [3.05, 3.63) is 71.8 Å². The fourth-order valence-corrected chi connectivity index (χ4v) is 4.69. The van der Waals surface area contributed by atoms with Gasteiger partial charge in [-0.3, -0.25) is 4.99 Å². The maximum atomic E-state index is 5.69. The zero-order valence-electron chi connectivity index (χ0n) is 17.9. The minimum Gasteiger partial charge on any atom is -0.381 e. The molecule has 1 N–H and O–H groups in total. The van der Waals surface area contributed by atoms with Crippen LogP contribution in [0.15, 0.2) is 65.7 Å². The first-order valence-electron chi connectivity index (χ1n) is 11.0. The zero-order valence-corrected chi connectivity index (χ0v) is 20.3. The van der Waals surface area contributed by atoms with E-state index < -0.39 is 0 Å². The highest BCUT2D eigenvalue weighted by Crippen LogP contribution is 2.35. The highest BCUT2D eigenvalue weighted by atomic mass is 127. The van der Waals surface area contributed by atoms with Gasteiger partial charge in [-0.15, -0.1) is 24.0 Å². The summed E-state index contributed by atoms with van der Waals surface area (Å²) in [5, 5.41) is 3.55. The van der Waals surface area contributed by atoms with Gasteiger partial charge in [0.25, 0.3) is 0 Å². The Kier molecular flexibility index (Phi) is 8.57. The minimum absolute atomic E-state index is 0. The molecule has 0 saturated carbocycles. The molecule has 0 radical (unpaired) electrons. The molecule has 1 atom stereocenters. The molecule has 5 heteroatoms. The molecule has 2 aliphatic rings. The number of nitrogens with one attached hydrogen (secondary N) is 1. The van der Waals surface area contributed by atoms with Gasteiger partial charge in [0.2, 0.25) is 0 Å². The summed E-state index contributed by atoms with van der Waals surface area (Å²) < 4.78 is 5.69. The normalized spacial score (nSPS) is 21.2. The van der Waals surface area contributed by atoms with Crippen molar-refractivity contribution >= 4 is 29.9 Å². The number of nitrogens with zero attached hydrogens (tertiary/aromatic N) is 2. The van der Waals surface area contributed by atoms with Crippen LogP contribution >= 0.6 is 24.0 Å². The van der Waals surface area contributed by atoms with Crippen LogP contribution in [-0.2, 0) is 10.2 Å². The van der Waals surface area contributed by atoms with Gasteiger partial charge in [0.15, 0.2) is 5.96 Å². The van der Waals surface area contributed by atoms with Crippen molar-refractivity contribution in [2.45, 2.75) is 37.5 Å². The van der Waals surface area contributed by atoms with Gasteiger partial charge < -0.3 is 15.0 Å². The molecular weight excluding hydrogens is 485 g/mol. The monoisotopic (exact) mass is 519 g/mol. The van der Waals surface area contributed by atoms with Gasteiger partial charge in [-0.05, 0) is 37.3 Å². The molecule has 4 nitrogen and oxygen atoms in total. The molecule has 0 bridgehead atoms. The second-order valence-electron chi connectivity index (χ2n) is 8.27. The van der Waals surface area contributed by atoms with Gasteiger partial charge in [0.1, 0.15) is 0 Å². The van der Waals surface area contributed by atoms with Gasteiger partial charge >= 0.3 is 0 Å². The van der Waals surface area contributed by atoms with E-state index in [4.69, 9.17) is 9.73 Å². The third-order valence-corrected chi connectivity index (χ3v) is 6.46. The summed E-state index contributed by atoms with van der Waals surface area (Å²) in [5.41, 5.74) is 2.92. The number of rotatable bonds is 5. The summed E-state index contributed by atoms with van der Waals surface area (Å²) in [7, 11) is 0. The van der Waals surface area contributed by atoms with Crippen molar-refractivity contribution in [2.75, 3.05) is 39.4 Å². The third-order valence-electron chi connectivity index (χ3n) is 6.46. The van der Waals surface area contributed by atoms with Gasteiger partial charge in [-0.25, -0.2) is 0 Å². The number of hydrogen-bond donors (Lipinski definition) is 1. The molecule has 0 spiro atoms. The molecule has 2 aromatic carbocycles. The van der Waals surface area contributed by atoms with E-state index in [1.807, 2.05) is 0 Å². The lowest BCUT2D eigenvalue weighted by Gasteiger charge is -2.37. The molecule has 0 aliphatic carbocycles. The molecule has 4 rings (SSSR count). The van der Waals surface area contributed by atoms with E-state index in [1.165, 1.54) is 17.5 Å². The maximum absolute atomic E-state index is 5.69. The summed E-state index contributed by atoms with van der Waals surface area (Å²) in [5.74, 6) is 1.65. The number of aliphatic imine (C=N–C) groups is 1. The average Bonchev–Trinajstić information content (AvgIpc) is 3.29. The van der Waals surface area contributed by atoms with Crippen molar-refractivity contribution in [2.24, 2.45) is 4.99 Å². The van der Waals surface area contributed by atoms with Crippen molar-refractivity contribution in [3.8, 4) is 0 Å². The number of halogens is 1. The second-order valence-corrected chi connectivity index (χ2v) is 8.27. The average molecular weight is 519 g/mol. The van der Waals surface area contributed by atoms with Crippen LogP contribution in [0, 0.1) is 0 Å². The van der Waals surface area contributed by atoms with Crippen LogP contribution in [0.4, 0.5) is 0 Å². The summed E-state index contributed by atoms with van der Waals surface area (Å²) >= 11 is 0. The number of guanidine groups is 1. The second kappa shape index (κ2) is 11.1. The highest BCUT2D eigenvalue weighted by molar-refractivity contribution is 14.0. The summed E-state index contributed by atoms with van der Waals surface area (Å²) in [6.45, 7) is 7.61. The predicted molar refractivity (Wildman–Crippen MR) is 135 cm³/mol. The van der Waals surface area contributed by atoms with Crippen molar-refractivity contribution in [1.82, 2.24) is 10.2 Å². The number of likely N-dealkylation sites (tertiary alicyclic amines) is 1. The third kappa shape index (κ3) is 5.35. The number of hydrogen-bond acceptors (Lipinski definition) is 2. The Labute approximate surface area is 198 Å². The van der Waals surface area contributed by atoms with Crippen LogP contribution in [0.25, 0.3) is 0 Å². The smallest absolute Gasteiger partial charge is 0.193 e. The summed E-state index contributed by atoms with van der Waals surface area (Å²) in [4.78, 5) is 7.62. The standard InChI is InChI=1S/C25H33N3O.HI/c1-2-26-24(28-16-13-22(19-28)21-9-5-3-6-10-21)27-20-25(14-17-29-18-15-25)23-11-7-4-8-12-23;/h3-12,22H,2,13-20H2,1H3,(H,26,27);1H. The van der Waals surface area contributed by atoms with Crippen LogP contribution in [0.3, 0.4) is 0 Å². The lowest BCUT2D eigenvalue weighted by molar-refractivity contribution is 0.0530. The van der Waals surface area contributed by atoms with Crippen LogP contribution < -0.4 is 5.32 Å². The fourth-order valence-electron chi connectivity index (χ4n) is 4.69. The first kappa shape index (κ1) is 23.1. The lowest BCUT2D eigenvalue weighted by Crippen LogP contribution is -2.42. The molecule has 30 heavy (non-hydrogen) atoms. The van der Waals surface area contributed by atoms with E-state index in [2.05, 4.69) is 77.8 Å². The molecule has 2 saturated heterocycles. The topological polar surface area (TPSA) is 36.9 Å². The summed E-state index contributed by atoms with van der Waals surface area (Å²) in [6.07, 6.45) is 3.26. The van der Waals surface area contributed by atoms with E-state index in [0.717, 1.165) is 58.2 Å². The number of benzene rings is 2. The van der Waals surface area contributed by atoms with E-state index in [1.54, 1.807) is 0 Å². The Bertz CT molecular complexity index is 791. The molecular formula is C25H34IN3O. The Balaban J connectivity index is 0.00000256. The van der Waals surface area contributed by atoms with Crippen LogP contribution in [0.5, 0.6) is 0 Å². The van der Waals surface area contributed by atoms with Crippen molar-refractivity contribution in [3.63, 3.8) is 0 Å². The molecule has 2 fully saturated rings. The molecule has 2 aromatic rings. The Morgan fingerprint density at radius 1 is 1.07 bits per heavy atom. The molecule has 162 valence electrons.